The molecule has 2 aromatic carbocycles. The molecule has 1 aliphatic carbocycles. The van der Waals surface area contributed by atoms with E-state index in [4.69, 9.17) is 9.90 Å². The molecule has 1 amide bonds. The summed E-state index contributed by atoms with van der Waals surface area (Å²) in [4.78, 5) is 22.3. The first-order valence-corrected chi connectivity index (χ1v) is 17.7. The van der Waals surface area contributed by atoms with Crippen molar-refractivity contribution in [2.45, 2.75) is 95.9 Å². The Hall–Kier alpha value is -3.41. The number of carbonyl (C=O) groups is 2. The number of nitrogens with zero attached hydrogens (tertiary/aromatic N) is 2. The van der Waals surface area contributed by atoms with E-state index in [1.807, 2.05) is 49.5 Å². The standard InChI is InChI=1S/C33H46N4O4S.CH2O2/c1-4-15-33(16-10-7-11-17-33)34-22-30(38)27(19-24-12-8-6-9-13-24)35-32(39)26-20-28-31-25(14-18-42(40,41)36(28)3)23-37(5-2)29(31)21-26;2-1-3/h6,8-9,12-13,20-21,23,27,30,34,38H,4-5,7,10-11,14-19,22H2,1-3H3,(H,35,39);1H,(H,2,3)/t27-,30+;/m0./s1. The second-order valence-corrected chi connectivity index (χ2v) is 14.4. The van der Waals surface area contributed by atoms with Crippen LogP contribution in [0.25, 0.3) is 10.9 Å². The highest BCUT2D eigenvalue weighted by atomic mass is 32.2. The summed E-state index contributed by atoms with van der Waals surface area (Å²) in [5.41, 5.74) is 3.81. The van der Waals surface area contributed by atoms with Gasteiger partial charge in [0.15, 0.2) is 0 Å². The third-order valence-electron chi connectivity index (χ3n) is 9.33. The van der Waals surface area contributed by atoms with Gasteiger partial charge >= 0.3 is 0 Å². The summed E-state index contributed by atoms with van der Waals surface area (Å²) in [5.74, 6) is -0.296. The van der Waals surface area contributed by atoms with Gasteiger partial charge in [-0.2, -0.15) is 0 Å². The molecule has 11 heteroatoms. The van der Waals surface area contributed by atoms with Crippen molar-refractivity contribution in [2.24, 2.45) is 0 Å². The van der Waals surface area contributed by atoms with Crippen LogP contribution < -0.4 is 14.9 Å². The second kappa shape index (κ2) is 15.2. The molecular weight excluding hydrogens is 592 g/mol. The van der Waals surface area contributed by atoms with Gasteiger partial charge in [-0.15, -0.1) is 0 Å². The molecule has 0 spiro atoms. The Balaban J connectivity index is 0.00000148. The third kappa shape index (κ3) is 8.06. The van der Waals surface area contributed by atoms with Crippen molar-refractivity contribution >= 4 is 39.0 Å². The summed E-state index contributed by atoms with van der Waals surface area (Å²) in [6.45, 7) is 5.10. The Kier molecular flexibility index (Phi) is 11.7. The highest BCUT2D eigenvalue weighted by Crippen LogP contribution is 2.37. The monoisotopic (exact) mass is 640 g/mol. The van der Waals surface area contributed by atoms with Crippen LogP contribution in [0, 0.1) is 0 Å². The summed E-state index contributed by atoms with van der Waals surface area (Å²) in [7, 11) is -1.94. The lowest BCUT2D eigenvalue weighted by atomic mass is 9.78. The summed E-state index contributed by atoms with van der Waals surface area (Å²) in [6.07, 6.45) is 10.2. The van der Waals surface area contributed by atoms with Gasteiger partial charge in [-0.3, -0.25) is 13.9 Å². The number of amides is 1. The lowest BCUT2D eigenvalue weighted by Crippen LogP contribution is -2.54. The van der Waals surface area contributed by atoms with Crippen molar-refractivity contribution in [1.82, 2.24) is 15.2 Å². The zero-order valence-corrected chi connectivity index (χ0v) is 27.5. The van der Waals surface area contributed by atoms with Gasteiger partial charge < -0.3 is 25.4 Å². The molecule has 3 aromatic rings. The van der Waals surface area contributed by atoms with E-state index in [1.54, 1.807) is 13.1 Å². The molecule has 45 heavy (non-hydrogen) atoms. The summed E-state index contributed by atoms with van der Waals surface area (Å²) >= 11 is 0. The Bertz CT molecular complexity index is 1540. The molecule has 0 bridgehead atoms. The quantitative estimate of drug-likeness (QED) is 0.227. The Morgan fingerprint density at radius 2 is 1.80 bits per heavy atom. The number of aryl methyl sites for hydroxylation is 2. The summed E-state index contributed by atoms with van der Waals surface area (Å²) in [6, 6.07) is 12.9. The lowest BCUT2D eigenvalue weighted by Gasteiger charge is -2.40. The number of nitrogens with one attached hydrogen (secondary N) is 2. The van der Waals surface area contributed by atoms with Crippen LogP contribution in [0.2, 0.25) is 0 Å². The highest BCUT2D eigenvalue weighted by molar-refractivity contribution is 7.92. The van der Waals surface area contributed by atoms with Crippen LogP contribution in [0.1, 0.15) is 80.3 Å². The number of aliphatic hydroxyl groups excluding tert-OH is 1. The zero-order valence-electron chi connectivity index (χ0n) is 26.7. The number of aromatic nitrogens is 1. The Morgan fingerprint density at radius 1 is 1.11 bits per heavy atom. The van der Waals surface area contributed by atoms with Crippen LogP contribution in [-0.4, -0.2) is 72.6 Å². The van der Waals surface area contributed by atoms with Crippen LogP contribution in [0.15, 0.2) is 48.7 Å². The molecule has 2 atom stereocenters. The number of anilines is 1. The third-order valence-corrected chi connectivity index (χ3v) is 11.1. The maximum atomic E-state index is 13.9. The Labute approximate surface area is 266 Å². The van der Waals surface area contributed by atoms with E-state index in [0.29, 0.717) is 37.2 Å². The van der Waals surface area contributed by atoms with Gasteiger partial charge in [0.05, 0.1) is 29.1 Å². The smallest absolute Gasteiger partial charge is 0.290 e. The number of hydrogen-bond donors (Lipinski definition) is 4. The fraction of sp³-hybridized carbons (Fsp3) is 0.529. The Morgan fingerprint density at radius 3 is 2.44 bits per heavy atom. The van der Waals surface area contributed by atoms with Crippen molar-refractivity contribution in [1.29, 1.82) is 0 Å². The number of hydrogen-bond acceptors (Lipinski definition) is 6. The van der Waals surface area contributed by atoms with Gasteiger partial charge in [0.1, 0.15) is 0 Å². The summed E-state index contributed by atoms with van der Waals surface area (Å²) in [5, 5.41) is 26.2. The predicted octanol–water partition coefficient (Wildman–Crippen LogP) is 4.48. The largest absolute Gasteiger partial charge is 0.483 e. The minimum absolute atomic E-state index is 0.0282. The zero-order chi connectivity index (χ0) is 32.6. The molecule has 1 aliphatic heterocycles. The lowest BCUT2D eigenvalue weighted by molar-refractivity contribution is -0.122. The number of aliphatic hydroxyl groups is 1. The first kappa shape index (κ1) is 34.5. The average molecular weight is 641 g/mol. The van der Waals surface area contributed by atoms with E-state index in [2.05, 4.69) is 22.1 Å². The predicted molar refractivity (Wildman–Crippen MR) is 178 cm³/mol. The van der Waals surface area contributed by atoms with Crippen molar-refractivity contribution in [2.75, 3.05) is 23.7 Å². The molecule has 2 aliphatic rings. The van der Waals surface area contributed by atoms with Gasteiger partial charge in [0, 0.05) is 42.8 Å². The number of sulfonamides is 1. The number of rotatable bonds is 11. The normalized spacial score (nSPS) is 18.3. The number of benzene rings is 2. The molecule has 10 nitrogen and oxygen atoms in total. The fourth-order valence-corrected chi connectivity index (χ4v) is 8.13. The number of carboxylic acid groups (broad SMARTS) is 1. The first-order chi connectivity index (χ1) is 21.6. The number of β-amino-alcohol motifs (C(OH)–C–C–N with tert-alkyl or cyclic N) is 1. The van der Waals surface area contributed by atoms with E-state index < -0.39 is 22.2 Å². The molecular formula is C34H48N4O6S. The van der Waals surface area contributed by atoms with E-state index in [-0.39, 0.29) is 23.7 Å². The molecule has 0 radical (unpaired) electrons. The molecule has 0 saturated heterocycles. The minimum Gasteiger partial charge on any atom is -0.483 e. The fourth-order valence-electron chi connectivity index (χ4n) is 6.93. The second-order valence-electron chi connectivity index (χ2n) is 12.3. The van der Waals surface area contributed by atoms with E-state index in [9.17, 15) is 18.3 Å². The van der Waals surface area contributed by atoms with Gasteiger partial charge in [-0.05, 0) is 62.3 Å². The molecule has 1 fully saturated rings. The van der Waals surface area contributed by atoms with Crippen LogP contribution in [0.3, 0.4) is 0 Å². The topological polar surface area (TPSA) is 141 Å². The van der Waals surface area contributed by atoms with Crippen molar-refractivity contribution in [3.8, 4) is 0 Å². The maximum Gasteiger partial charge on any atom is 0.290 e. The van der Waals surface area contributed by atoms with Crippen molar-refractivity contribution in [3.05, 3.63) is 65.4 Å². The molecule has 246 valence electrons. The van der Waals surface area contributed by atoms with Crippen LogP contribution in [0.4, 0.5) is 5.69 Å². The summed E-state index contributed by atoms with van der Waals surface area (Å²) < 4.78 is 29.3. The van der Waals surface area contributed by atoms with Crippen molar-refractivity contribution in [3.63, 3.8) is 0 Å². The molecule has 1 aromatic heterocycles. The molecule has 4 N–H and O–H groups in total. The van der Waals surface area contributed by atoms with E-state index >= 15 is 0 Å². The maximum absolute atomic E-state index is 13.9. The average Bonchev–Trinajstić information content (AvgIpc) is 3.36. The molecule has 0 unspecified atom stereocenters. The van der Waals surface area contributed by atoms with Gasteiger partial charge in [-0.1, -0.05) is 62.9 Å². The molecule has 1 saturated carbocycles. The highest BCUT2D eigenvalue weighted by Gasteiger charge is 2.33. The molecule has 5 rings (SSSR count). The van der Waals surface area contributed by atoms with E-state index in [0.717, 1.165) is 47.7 Å². The van der Waals surface area contributed by atoms with Gasteiger partial charge in [0.2, 0.25) is 10.0 Å². The van der Waals surface area contributed by atoms with E-state index in [1.165, 1.54) is 23.6 Å². The van der Waals surface area contributed by atoms with Gasteiger partial charge in [0.25, 0.3) is 12.4 Å². The minimum atomic E-state index is -3.51. The number of carbonyl (C=O) groups excluding carboxylic acids is 1. The van der Waals surface area contributed by atoms with Crippen LogP contribution in [-0.2, 0) is 34.2 Å². The van der Waals surface area contributed by atoms with Crippen molar-refractivity contribution < 1.29 is 28.2 Å². The van der Waals surface area contributed by atoms with Crippen LogP contribution >= 0.6 is 0 Å². The first-order valence-electron chi connectivity index (χ1n) is 16.1. The SMILES string of the molecule is CCCC1(NC[C@@H](O)[C@H](Cc2ccccc2)NC(=O)c2cc3c4c(cn(CC)c4c2)CCS(=O)(=O)N3C)CCCCC1.O=CO. The molecule has 2 heterocycles. The van der Waals surface area contributed by atoms with Gasteiger partial charge in [-0.25, -0.2) is 8.42 Å². The van der Waals surface area contributed by atoms with Crippen LogP contribution in [0.5, 0.6) is 0 Å².